The topological polar surface area (TPSA) is 88.5 Å². The number of pyridine rings is 1. The molecule has 8 nitrogen and oxygen atoms in total. The van der Waals surface area contributed by atoms with Gasteiger partial charge in [0.15, 0.2) is 5.82 Å². The standard InChI is InChI=1S/C21H25N5O3/c1-14-15-13-17(27)25(11-12-29-3)18(15)24-20(23-14)21(2)8-6-10-26(21)19(28)16-7-4-5-9-22-16/h4-5,7,9H,6,8,10-13H2,1-3H3/t21-/m1/s1. The highest BCUT2D eigenvalue weighted by Crippen LogP contribution is 2.40. The maximum Gasteiger partial charge on any atom is 0.273 e. The molecule has 0 aliphatic carbocycles. The van der Waals surface area contributed by atoms with Gasteiger partial charge in [-0.1, -0.05) is 6.07 Å². The summed E-state index contributed by atoms with van der Waals surface area (Å²) in [6.45, 7) is 5.41. The van der Waals surface area contributed by atoms with E-state index >= 15 is 0 Å². The molecule has 1 fully saturated rings. The Kier molecular flexibility index (Phi) is 5.04. The minimum atomic E-state index is -0.646. The van der Waals surface area contributed by atoms with Gasteiger partial charge in [0.1, 0.15) is 17.1 Å². The first-order valence-electron chi connectivity index (χ1n) is 9.86. The van der Waals surface area contributed by atoms with Crippen LogP contribution in [-0.4, -0.2) is 58.5 Å². The van der Waals surface area contributed by atoms with E-state index in [0.717, 1.165) is 24.1 Å². The SMILES string of the molecule is COCCN1C(=O)Cc2c(C)nc([C@@]3(C)CCCN3C(=O)c3ccccn3)nc21. The Bertz CT molecular complexity index is 949. The first-order valence-corrected chi connectivity index (χ1v) is 9.86. The highest BCUT2D eigenvalue weighted by Gasteiger charge is 2.45. The van der Waals surface area contributed by atoms with E-state index in [2.05, 4.69) is 4.98 Å². The summed E-state index contributed by atoms with van der Waals surface area (Å²) in [5.41, 5.74) is 1.42. The number of carbonyl (C=O) groups is 2. The Morgan fingerprint density at radius 3 is 2.86 bits per heavy atom. The van der Waals surface area contributed by atoms with Crippen LogP contribution in [0.25, 0.3) is 0 Å². The summed E-state index contributed by atoms with van der Waals surface area (Å²) in [6, 6.07) is 5.32. The van der Waals surface area contributed by atoms with Crippen molar-refractivity contribution in [3.05, 3.63) is 47.2 Å². The Morgan fingerprint density at radius 1 is 1.31 bits per heavy atom. The van der Waals surface area contributed by atoms with E-state index in [1.54, 1.807) is 30.3 Å². The van der Waals surface area contributed by atoms with Crippen LogP contribution in [0.2, 0.25) is 0 Å². The molecular weight excluding hydrogens is 370 g/mol. The highest BCUT2D eigenvalue weighted by atomic mass is 16.5. The molecule has 1 saturated heterocycles. The number of aryl methyl sites for hydroxylation is 1. The van der Waals surface area contributed by atoms with Crippen molar-refractivity contribution in [2.45, 2.75) is 38.6 Å². The average molecular weight is 395 g/mol. The van der Waals surface area contributed by atoms with Crippen LogP contribution in [0, 0.1) is 6.92 Å². The number of methoxy groups -OCH3 is 1. The van der Waals surface area contributed by atoms with Crippen molar-refractivity contribution >= 4 is 17.6 Å². The summed E-state index contributed by atoms with van der Waals surface area (Å²) in [5, 5.41) is 0. The average Bonchev–Trinajstić information content (AvgIpc) is 3.27. The smallest absolute Gasteiger partial charge is 0.273 e. The Labute approximate surface area is 169 Å². The highest BCUT2D eigenvalue weighted by molar-refractivity contribution is 6.00. The molecule has 1 atom stereocenters. The summed E-state index contributed by atoms with van der Waals surface area (Å²) >= 11 is 0. The van der Waals surface area contributed by atoms with Gasteiger partial charge in [0.25, 0.3) is 5.91 Å². The number of hydrogen-bond acceptors (Lipinski definition) is 6. The third-order valence-electron chi connectivity index (χ3n) is 5.85. The van der Waals surface area contributed by atoms with E-state index in [-0.39, 0.29) is 11.8 Å². The van der Waals surface area contributed by atoms with Gasteiger partial charge in [0.05, 0.1) is 19.6 Å². The molecule has 2 amide bonds. The van der Waals surface area contributed by atoms with Crippen LogP contribution < -0.4 is 4.90 Å². The maximum absolute atomic E-state index is 13.1. The van der Waals surface area contributed by atoms with Crippen LogP contribution in [0.15, 0.2) is 24.4 Å². The monoisotopic (exact) mass is 395 g/mol. The zero-order chi connectivity index (χ0) is 20.6. The zero-order valence-corrected chi connectivity index (χ0v) is 17.0. The molecule has 152 valence electrons. The molecular formula is C21H25N5O3. The molecule has 4 heterocycles. The van der Waals surface area contributed by atoms with Crippen molar-refractivity contribution in [3.8, 4) is 0 Å². The number of amides is 2. The summed E-state index contributed by atoms with van der Waals surface area (Å²) in [5.74, 6) is 1.10. The first kappa shape index (κ1) is 19.4. The lowest BCUT2D eigenvalue weighted by molar-refractivity contribution is -0.117. The molecule has 0 bridgehead atoms. The molecule has 2 aliphatic rings. The van der Waals surface area contributed by atoms with Crippen molar-refractivity contribution in [3.63, 3.8) is 0 Å². The molecule has 0 N–H and O–H groups in total. The summed E-state index contributed by atoms with van der Waals surface area (Å²) in [7, 11) is 1.61. The van der Waals surface area contributed by atoms with Crippen LogP contribution in [0.5, 0.6) is 0 Å². The van der Waals surface area contributed by atoms with Crippen LogP contribution in [0.3, 0.4) is 0 Å². The minimum Gasteiger partial charge on any atom is -0.383 e. The first-order chi connectivity index (χ1) is 14.0. The van der Waals surface area contributed by atoms with E-state index in [0.29, 0.717) is 43.5 Å². The number of ether oxygens (including phenoxy) is 1. The van der Waals surface area contributed by atoms with Gasteiger partial charge >= 0.3 is 0 Å². The lowest BCUT2D eigenvalue weighted by atomic mass is 9.96. The maximum atomic E-state index is 13.1. The Hall–Kier alpha value is -2.87. The van der Waals surface area contributed by atoms with Gasteiger partial charge in [-0.05, 0) is 38.8 Å². The number of carbonyl (C=O) groups excluding carboxylic acids is 2. The van der Waals surface area contributed by atoms with Crippen molar-refractivity contribution in [2.24, 2.45) is 0 Å². The van der Waals surface area contributed by atoms with Gasteiger partial charge in [0, 0.05) is 31.1 Å². The second kappa shape index (κ2) is 7.51. The lowest BCUT2D eigenvalue weighted by Crippen LogP contribution is -2.44. The Balaban J connectivity index is 1.72. The van der Waals surface area contributed by atoms with E-state index in [1.165, 1.54) is 0 Å². The fraction of sp³-hybridized carbons (Fsp3) is 0.476. The molecule has 0 saturated carbocycles. The second-order valence-electron chi connectivity index (χ2n) is 7.70. The largest absolute Gasteiger partial charge is 0.383 e. The number of hydrogen-bond donors (Lipinski definition) is 0. The molecule has 8 heteroatoms. The van der Waals surface area contributed by atoms with E-state index < -0.39 is 5.54 Å². The normalized spacial score (nSPS) is 21.0. The quantitative estimate of drug-likeness (QED) is 0.768. The van der Waals surface area contributed by atoms with Gasteiger partial charge in [-0.2, -0.15) is 0 Å². The van der Waals surface area contributed by atoms with E-state index in [9.17, 15) is 9.59 Å². The number of likely N-dealkylation sites (tertiary alicyclic amines) is 1. The van der Waals surface area contributed by atoms with Gasteiger partial charge in [0.2, 0.25) is 5.91 Å². The van der Waals surface area contributed by atoms with Crippen LogP contribution in [0.1, 0.15) is 47.3 Å². The van der Waals surface area contributed by atoms with Gasteiger partial charge in [-0.3, -0.25) is 19.5 Å². The molecule has 2 aromatic heterocycles. The van der Waals surface area contributed by atoms with Crippen molar-refractivity contribution in [1.29, 1.82) is 0 Å². The second-order valence-corrected chi connectivity index (χ2v) is 7.70. The number of fused-ring (bicyclic) bond motifs is 1. The summed E-state index contributed by atoms with van der Waals surface area (Å²) in [6.07, 6.45) is 3.55. The minimum absolute atomic E-state index is 0.00425. The predicted octanol–water partition coefficient (Wildman–Crippen LogP) is 1.87. The summed E-state index contributed by atoms with van der Waals surface area (Å²) < 4.78 is 5.15. The van der Waals surface area contributed by atoms with Crippen molar-refractivity contribution < 1.29 is 14.3 Å². The lowest BCUT2D eigenvalue weighted by Gasteiger charge is -2.34. The van der Waals surface area contributed by atoms with Gasteiger partial charge in [-0.15, -0.1) is 0 Å². The van der Waals surface area contributed by atoms with Gasteiger partial charge < -0.3 is 9.64 Å². The van der Waals surface area contributed by atoms with Gasteiger partial charge in [-0.25, -0.2) is 9.97 Å². The molecule has 0 radical (unpaired) electrons. The third kappa shape index (κ3) is 3.27. The molecule has 4 rings (SSSR count). The van der Waals surface area contributed by atoms with Crippen molar-refractivity contribution in [2.75, 3.05) is 31.7 Å². The number of aromatic nitrogens is 3. The third-order valence-corrected chi connectivity index (χ3v) is 5.85. The van der Waals surface area contributed by atoms with Crippen LogP contribution in [0.4, 0.5) is 5.82 Å². The molecule has 2 aromatic rings. The molecule has 2 aliphatic heterocycles. The predicted molar refractivity (Wildman–Crippen MR) is 107 cm³/mol. The fourth-order valence-electron chi connectivity index (χ4n) is 4.18. The van der Waals surface area contributed by atoms with E-state index in [4.69, 9.17) is 14.7 Å². The van der Waals surface area contributed by atoms with E-state index in [1.807, 2.05) is 24.8 Å². The molecule has 0 spiro atoms. The van der Waals surface area contributed by atoms with Crippen LogP contribution in [-0.2, 0) is 21.5 Å². The number of nitrogens with zero attached hydrogens (tertiary/aromatic N) is 5. The number of anilines is 1. The number of rotatable bonds is 5. The molecule has 0 unspecified atom stereocenters. The zero-order valence-electron chi connectivity index (χ0n) is 17.0. The Morgan fingerprint density at radius 2 is 2.14 bits per heavy atom. The summed E-state index contributed by atoms with van der Waals surface area (Å²) in [4.78, 5) is 42.9. The van der Waals surface area contributed by atoms with Crippen LogP contribution >= 0.6 is 0 Å². The molecule has 0 aromatic carbocycles. The fourth-order valence-corrected chi connectivity index (χ4v) is 4.18. The van der Waals surface area contributed by atoms with Crippen molar-refractivity contribution in [1.82, 2.24) is 19.9 Å². The molecule has 29 heavy (non-hydrogen) atoms.